The van der Waals surface area contributed by atoms with Crippen LogP contribution in [0.5, 0.6) is 0 Å². The first-order chi connectivity index (χ1) is 8.94. The maximum Gasteiger partial charge on any atom is 0.410 e. The third kappa shape index (κ3) is 4.08. The van der Waals surface area contributed by atoms with E-state index < -0.39 is 5.60 Å². The van der Waals surface area contributed by atoms with Crippen LogP contribution in [0.3, 0.4) is 0 Å². The van der Waals surface area contributed by atoms with Crippen molar-refractivity contribution in [3.8, 4) is 0 Å². The summed E-state index contributed by atoms with van der Waals surface area (Å²) in [6, 6.07) is 3.89. The highest BCUT2D eigenvalue weighted by Crippen LogP contribution is 2.17. The lowest BCUT2D eigenvalue weighted by atomic mass is 10.2. The van der Waals surface area contributed by atoms with E-state index in [2.05, 4.69) is 15.5 Å². The van der Waals surface area contributed by atoms with Gasteiger partial charge in [0.05, 0.1) is 0 Å². The molecule has 0 spiro atoms. The van der Waals surface area contributed by atoms with Crippen LogP contribution in [0.25, 0.3) is 0 Å². The Labute approximate surface area is 113 Å². The Morgan fingerprint density at radius 2 is 2.32 bits per heavy atom. The number of carbonyl (C=O) groups is 1. The second-order valence-electron chi connectivity index (χ2n) is 5.67. The van der Waals surface area contributed by atoms with Gasteiger partial charge in [0.2, 0.25) is 0 Å². The van der Waals surface area contributed by atoms with Gasteiger partial charge in [-0.1, -0.05) is 0 Å². The van der Waals surface area contributed by atoms with Gasteiger partial charge in [-0.15, -0.1) is 5.10 Å². The lowest BCUT2D eigenvalue weighted by Gasteiger charge is -2.24. The standard InChI is InChI=1S/C13H20N4O2/c1-13(2,3)19-12(18)17-8-6-10(9-17)15-11-5-4-7-14-16-11/h4-5,7,10H,6,8-9H2,1-3H3,(H,15,16). The van der Waals surface area contributed by atoms with Crippen molar-refractivity contribution in [2.24, 2.45) is 0 Å². The van der Waals surface area contributed by atoms with Crippen molar-refractivity contribution >= 4 is 11.9 Å². The number of anilines is 1. The molecule has 1 unspecified atom stereocenters. The number of rotatable bonds is 2. The Hall–Kier alpha value is -1.85. The molecule has 1 aromatic heterocycles. The molecule has 0 aliphatic carbocycles. The van der Waals surface area contributed by atoms with Crippen molar-refractivity contribution in [2.45, 2.75) is 38.8 Å². The van der Waals surface area contributed by atoms with Gasteiger partial charge in [-0.05, 0) is 39.3 Å². The van der Waals surface area contributed by atoms with Crippen LogP contribution in [-0.4, -0.2) is 45.9 Å². The van der Waals surface area contributed by atoms with Gasteiger partial charge >= 0.3 is 6.09 Å². The molecule has 19 heavy (non-hydrogen) atoms. The molecule has 1 N–H and O–H groups in total. The number of ether oxygens (including phenoxy) is 1. The van der Waals surface area contributed by atoms with E-state index in [0.29, 0.717) is 13.1 Å². The normalized spacial score (nSPS) is 19.3. The van der Waals surface area contributed by atoms with E-state index in [1.54, 1.807) is 11.1 Å². The summed E-state index contributed by atoms with van der Waals surface area (Å²) >= 11 is 0. The zero-order valence-corrected chi connectivity index (χ0v) is 11.6. The van der Waals surface area contributed by atoms with Gasteiger partial charge < -0.3 is 15.0 Å². The van der Waals surface area contributed by atoms with Crippen LogP contribution in [0, 0.1) is 0 Å². The molecule has 6 heteroatoms. The summed E-state index contributed by atoms with van der Waals surface area (Å²) in [5.41, 5.74) is -0.451. The van der Waals surface area contributed by atoms with Crippen molar-refractivity contribution in [3.63, 3.8) is 0 Å². The summed E-state index contributed by atoms with van der Waals surface area (Å²) in [5.74, 6) is 0.735. The number of hydrogen-bond acceptors (Lipinski definition) is 5. The molecule has 0 radical (unpaired) electrons. The maximum atomic E-state index is 11.9. The number of hydrogen-bond donors (Lipinski definition) is 1. The first-order valence-corrected chi connectivity index (χ1v) is 6.46. The van der Waals surface area contributed by atoms with Crippen molar-refractivity contribution < 1.29 is 9.53 Å². The number of amides is 1. The fourth-order valence-corrected chi connectivity index (χ4v) is 1.96. The third-order valence-corrected chi connectivity index (χ3v) is 2.76. The van der Waals surface area contributed by atoms with Crippen molar-refractivity contribution in [1.82, 2.24) is 15.1 Å². The van der Waals surface area contributed by atoms with E-state index in [4.69, 9.17) is 4.74 Å². The minimum Gasteiger partial charge on any atom is -0.444 e. The fourth-order valence-electron chi connectivity index (χ4n) is 1.96. The van der Waals surface area contributed by atoms with E-state index in [-0.39, 0.29) is 12.1 Å². The molecule has 0 saturated carbocycles. The summed E-state index contributed by atoms with van der Waals surface area (Å²) in [4.78, 5) is 13.6. The monoisotopic (exact) mass is 264 g/mol. The predicted octanol–water partition coefficient (Wildman–Crippen LogP) is 1.90. The Bertz CT molecular complexity index is 430. The minimum atomic E-state index is -0.451. The minimum absolute atomic E-state index is 0.198. The van der Waals surface area contributed by atoms with Gasteiger partial charge in [-0.3, -0.25) is 0 Å². The number of carbonyl (C=O) groups excluding carboxylic acids is 1. The predicted molar refractivity (Wildman–Crippen MR) is 71.9 cm³/mol. The molecule has 1 aliphatic rings. The molecule has 1 fully saturated rings. The number of nitrogens with zero attached hydrogens (tertiary/aromatic N) is 3. The largest absolute Gasteiger partial charge is 0.444 e. The quantitative estimate of drug-likeness (QED) is 0.883. The van der Waals surface area contributed by atoms with Crippen LogP contribution >= 0.6 is 0 Å². The molecule has 2 heterocycles. The van der Waals surface area contributed by atoms with Crippen molar-refractivity contribution in [2.75, 3.05) is 18.4 Å². The maximum absolute atomic E-state index is 11.9. The van der Waals surface area contributed by atoms with Crippen LogP contribution in [0.4, 0.5) is 10.6 Å². The average molecular weight is 264 g/mol. The van der Waals surface area contributed by atoms with Crippen molar-refractivity contribution in [1.29, 1.82) is 0 Å². The Morgan fingerprint density at radius 3 is 2.95 bits per heavy atom. The zero-order valence-electron chi connectivity index (χ0n) is 11.6. The first-order valence-electron chi connectivity index (χ1n) is 6.46. The molecule has 1 aromatic rings. The highest BCUT2D eigenvalue weighted by molar-refractivity contribution is 5.68. The Kier molecular flexibility index (Phi) is 3.87. The van der Waals surface area contributed by atoms with E-state index in [1.807, 2.05) is 32.9 Å². The van der Waals surface area contributed by atoms with E-state index in [9.17, 15) is 4.79 Å². The van der Waals surface area contributed by atoms with Crippen molar-refractivity contribution in [3.05, 3.63) is 18.3 Å². The summed E-state index contributed by atoms with van der Waals surface area (Å²) < 4.78 is 5.35. The molecule has 0 bridgehead atoms. The number of nitrogens with one attached hydrogen (secondary N) is 1. The van der Waals surface area contributed by atoms with Gasteiger partial charge in [0.1, 0.15) is 11.4 Å². The smallest absolute Gasteiger partial charge is 0.410 e. The van der Waals surface area contributed by atoms with Crippen LogP contribution in [0.2, 0.25) is 0 Å². The molecule has 2 rings (SSSR count). The lowest BCUT2D eigenvalue weighted by molar-refractivity contribution is 0.0293. The molecular weight excluding hydrogens is 244 g/mol. The second-order valence-corrected chi connectivity index (χ2v) is 5.67. The van der Waals surface area contributed by atoms with E-state index in [1.165, 1.54) is 0 Å². The van der Waals surface area contributed by atoms with Crippen LogP contribution in [0.1, 0.15) is 27.2 Å². The molecule has 104 valence electrons. The number of likely N-dealkylation sites (tertiary alicyclic amines) is 1. The topological polar surface area (TPSA) is 67.3 Å². The molecule has 0 aromatic carbocycles. The van der Waals surface area contributed by atoms with Gasteiger partial charge in [-0.25, -0.2) is 4.79 Å². The average Bonchev–Trinajstić information content (AvgIpc) is 2.77. The van der Waals surface area contributed by atoms with Gasteiger partial charge in [0, 0.05) is 25.3 Å². The fraction of sp³-hybridized carbons (Fsp3) is 0.615. The second kappa shape index (κ2) is 5.42. The molecular formula is C13H20N4O2. The van der Waals surface area contributed by atoms with Crippen LogP contribution in [0.15, 0.2) is 18.3 Å². The highest BCUT2D eigenvalue weighted by atomic mass is 16.6. The van der Waals surface area contributed by atoms with Crippen LogP contribution in [-0.2, 0) is 4.74 Å². The lowest BCUT2D eigenvalue weighted by Crippen LogP contribution is -2.36. The Morgan fingerprint density at radius 1 is 1.53 bits per heavy atom. The highest BCUT2D eigenvalue weighted by Gasteiger charge is 2.29. The number of aromatic nitrogens is 2. The molecule has 1 saturated heterocycles. The summed E-state index contributed by atoms with van der Waals surface area (Å²) in [6.07, 6.45) is 2.26. The summed E-state index contributed by atoms with van der Waals surface area (Å²) in [7, 11) is 0. The first kappa shape index (κ1) is 13.6. The van der Waals surface area contributed by atoms with Crippen LogP contribution < -0.4 is 5.32 Å². The van der Waals surface area contributed by atoms with Gasteiger partial charge in [0.15, 0.2) is 0 Å². The zero-order chi connectivity index (χ0) is 13.9. The molecule has 1 atom stereocenters. The molecule has 6 nitrogen and oxygen atoms in total. The van der Waals surface area contributed by atoms with E-state index in [0.717, 1.165) is 12.2 Å². The molecule has 1 aliphatic heterocycles. The summed E-state index contributed by atoms with van der Waals surface area (Å²) in [6.45, 7) is 6.95. The Balaban J connectivity index is 1.85. The SMILES string of the molecule is CC(C)(C)OC(=O)N1CCC(Nc2cccnn2)C1. The van der Waals surface area contributed by atoms with E-state index >= 15 is 0 Å². The third-order valence-electron chi connectivity index (χ3n) is 2.76. The molecule has 1 amide bonds. The van der Waals surface area contributed by atoms with Gasteiger partial charge in [0.25, 0.3) is 0 Å². The summed E-state index contributed by atoms with van der Waals surface area (Å²) in [5, 5.41) is 11.1. The van der Waals surface area contributed by atoms with Gasteiger partial charge in [-0.2, -0.15) is 5.10 Å².